The molecule has 0 atom stereocenters. The van der Waals surface area contributed by atoms with Gasteiger partial charge in [-0.3, -0.25) is 4.55 Å². The van der Waals surface area contributed by atoms with Gasteiger partial charge in [-0.15, -0.1) is 0 Å². The Bertz CT molecular complexity index is 96.2. The van der Waals surface area contributed by atoms with Gasteiger partial charge in [0.05, 0.1) is 0 Å². The predicted molar refractivity (Wildman–Crippen MR) is 24.1 cm³/mol. The van der Waals surface area contributed by atoms with Crippen LogP contribution in [0.4, 0.5) is 0 Å². The minimum absolute atomic E-state index is 0. The third-order valence-corrected chi connectivity index (χ3v) is 0. The van der Waals surface area contributed by atoms with Gasteiger partial charge in [-0.2, -0.15) is 0 Å². The van der Waals surface area contributed by atoms with Gasteiger partial charge < -0.3 is 15.1 Å². The Balaban J connectivity index is -0.0000000286. The summed E-state index contributed by atoms with van der Waals surface area (Å²) in [6.07, 6.45) is 0. The van der Waals surface area contributed by atoms with Crippen LogP contribution in [-0.2, 0) is 29.9 Å². The van der Waals surface area contributed by atoms with Gasteiger partial charge in [-0.1, -0.05) is 0 Å². The first-order chi connectivity index (χ1) is 3.00. The van der Waals surface area contributed by atoms with E-state index in [1.165, 1.54) is 0 Å². The van der Waals surface area contributed by atoms with Gasteiger partial charge in [0.1, 0.15) is 0 Å². The fourth-order valence-corrected chi connectivity index (χ4v) is 0. The Morgan fingerprint density at radius 2 is 1.33 bits per heavy atom. The maximum Gasteiger partial charge on any atom is 0.215 e. The van der Waals surface area contributed by atoms with Gasteiger partial charge in [0.2, 0.25) is 10.4 Å². The first-order valence-electron chi connectivity index (χ1n) is 1.13. The molecule has 0 saturated heterocycles. The van der Waals surface area contributed by atoms with Crippen LogP contribution >= 0.6 is 0 Å². The van der Waals surface area contributed by atoms with Crippen molar-refractivity contribution in [2.24, 2.45) is 0 Å². The van der Waals surface area contributed by atoms with E-state index in [4.69, 9.17) is 22.6 Å². The Hall–Kier alpha value is 0.413. The summed E-state index contributed by atoms with van der Waals surface area (Å²) in [5, 5.41) is 7.00. The second-order valence-electron chi connectivity index (χ2n) is 0.428. The smallest absolute Gasteiger partial charge is 0.215 e. The van der Waals surface area contributed by atoms with Crippen molar-refractivity contribution in [2.75, 3.05) is 7.11 Å². The normalized spacial score (nSPS) is 7.11. The Labute approximate surface area is 65.5 Å². The summed E-state index contributed by atoms with van der Waals surface area (Å²) in [6, 6.07) is 0. The molecular formula is CH7O6SZn-. The average Bonchev–Trinajstić information content (AvgIpc) is 1.36. The van der Waals surface area contributed by atoms with Gasteiger partial charge in [0, 0.05) is 26.6 Å². The van der Waals surface area contributed by atoms with E-state index in [1.807, 2.05) is 0 Å². The second-order valence-corrected chi connectivity index (χ2v) is 1.28. The van der Waals surface area contributed by atoms with Crippen LogP contribution in [0.1, 0.15) is 0 Å². The van der Waals surface area contributed by atoms with Crippen LogP contribution in [0, 0.1) is 0 Å². The first kappa shape index (κ1) is 22.7. The van der Waals surface area contributed by atoms with Crippen molar-refractivity contribution in [1.29, 1.82) is 0 Å². The van der Waals surface area contributed by atoms with Crippen LogP contribution in [0.25, 0.3) is 0 Å². The topological polar surface area (TPSA) is 129 Å². The molecule has 8 heteroatoms. The van der Waals surface area contributed by atoms with Crippen LogP contribution in [-0.4, -0.2) is 35.2 Å². The van der Waals surface area contributed by atoms with Gasteiger partial charge in [-0.25, -0.2) is 8.42 Å². The molecule has 0 amide bonds. The molecule has 0 bridgehead atoms. The number of hydrogen-bond donors (Lipinski definition) is 2. The molecule has 4 N–H and O–H groups in total. The fraction of sp³-hybridized carbons (Fsp3) is 1.00. The molecule has 0 aliphatic carbocycles. The van der Waals surface area contributed by atoms with E-state index in [2.05, 4.69) is 0 Å². The third kappa shape index (κ3) is 2030. The maximum atomic E-state index is 8.63. The van der Waals surface area contributed by atoms with E-state index < -0.39 is 10.4 Å². The number of aliphatic hydroxyl groups excluding tert-OH is 1. The molecule has 0 aliphatic rings. The van der Waals surface area contributed by atoms with Crippen molar-refractivity contribution in [3.8, 4) is 0 Å². The molecule has 0 aromatic rings. The van der Waals surface area contributed by atoms with Crippen LogP contribution in [0.3, 0.4) is 0 Å². The van der Waals surface area contributed by atoms with Gasteiger partial charge >= 0.3 is 0 Å². The van der Waals surface area contributed by atoms with Crippen molar-refractivity contribution in [3.05, 3.63) is 0 Å². The Kier molecular flexibility index (Phi) is 28.4. The average molecular weight is 213 g/mol. The summed E-state index contributed by atoms with van der Waals surface area (Å²) < 4.78 is 32.8. The second kappa shape index (κ2) is 11.2. The molecule has 56 valence electrons. The molecule has 0 saturated carbocycles. The zero-order valence-corrected chi connectivity index (χ0v) is 8.52. The fourth-order valence-electron chi connectivity index (χ4n) is 0. The summed E-state index contributed by atoms with van der Waals surface area (Å²) in [4.78, 5) is 0. The van der Waals surface area contributed by atoms with Crippen molar-refractivity contribution in [3.63, 3.8) is 0 Å². The van der Waals surface area contributed by atoms with Crippen LogP contribution < -0.4 is 0 Å². The van der Waals surface area contributed by atoms with Gasteiger partial charge in [0.25, 0.3) is 0 Å². The molecule has 0 unspecified atom stereocenters. The number of rotatable bonds is 0. The van der Waals surface area contributed by atoms with Crippen molar-refractivity contribution < 1.29 is 47.6 Å². The van der Waals surface area contributed by atoms with Crippen LogP contribution in [0.15, 0.2) is 0 Å². The molecule has 0 rings (SSSR count). The molecule has 0 aliphatic heterocycles. The number of aliphatic hydroxyl groups is 1. The van der Waals surface area contributed by atoms with E-state index in [-0.39, 0.29) is 25.0 Å². The molecule has 0 heterocycles. The summed E-state index contributed by atoms with van der Waals surface area (Å²) >= 11 is 0. The van der Waals surface area contributed by atoms with Crippen molar-refractivity contribution >= 4 is 10.4 Å². The van der Waals surface area contributed by atoms with E-state index in [9.17, 15) is 0 Å². The van der Waals surface area contributed by atoms with Crippen LogP contribution in [0.2, 0.25) is 0 Å². The zero-order valence-electron chi connectivity index (χ0n) is 4.73. The van der Waals surface area contributed by atoms with Crippen LogP contribution in [0.5, 0.6) is 0 Å². The molecule has 0 aromatic carbocycles. The standard InChI is InChI=1S/CH4O.H2O4S.H2O.Zn/c1-2;1-5(2,3)4;;/h2H,1H3;(H2,1,2,3,4);1H2;/p-1. The molecular weight excluding hydrogens is 205 g/mol. The summed E-state index contributed by atoms with van der Waals surface area (Å²) in [5.41, 5.74) is 0. The molecule has 0 fully saturated rings. The minimum atomic E-state index is -4.92. The Morgan fingerprint density at radius 1 is 1.33 bits per heavy atom. The molecule has 0 aromatic heterocycles. The third-order valence-electron chi connectivity index (χ3n) is 0. The molecule has 0 spiro atoms. The predicted octanol–water partition coefficient (Wildman–Crippen LogP) is -2.21. The first-order valence-corrected chi connectivity index (χ1v) is 2.49. The quantitative estimate of drug-likeness (QED) is 0.267. The maximum absolute atomic E-state index is 8.63. The van der Waals surface area contributed by atoms with Crippen molar-refractivity contribution in [1.82, 2.24) is 0 Å². The van der Waals surface area contributed by atoms with E-state index >= 15 is 0 Å². The minimum Gasteiger partial charge on any atom is -0.726 e. The van der Waals surface area contributed by atoms with E-state index in [1.54, 1.807) is 0 Å². The molecule has 9 heavy (non-hydrogen) atoms. The van der Waals surface area contributed by atoms with E-state index in [0.29, 0.717) is 0 Å². The number of hydrogen-bond acceptors (Lipinski definition) is 4. The largest absolute Gasteiger partial charge is 0.726 e. The van der Waals surface area contributed by atoms with Gasteiger partial charge in [-0.05, 0) is 0 Å². The molecule has 6 nitrogen and oxygen atoms in total. The molecule has 0 radical (unpaired) electrons. The Morgan fingerprint density at radius 3 is 1.33 bits per heavy atom. The SMILES string of the molecule is CO.O.O=S(=O)([O-])O.[Zn]. The van der Waals surface area contributed by atoms with Gasteiger partial charge in [0.15, 0.2) is 0 Å². The van der Waals surface area contributed by atoms with E-state index in [0.717, 1.165) is 7.11 Å². The summed E-state index contributed by atoms with van der Waals surface area (Å²) in [5.74, 6) is 0. The zero-order chi connectivity index (χ0) is 6.50. The monoisotopic (exact) mass is 211 g/mol. The van der Waals surface area contributed by atoms with Crippen molar-refractivity contribution in [2.45, 2.75) is 0 Å². The summed E-state index contributed by atoms with van der Waals surface area (Å²) in [7, 11) is -3.92. The summed E-state index contributed by atoms with van der Waals surface area (Å²) in [6.45, 7) is 0.